The van der Waals surface area contributed by atoms with Gasteiger partial charge in [0.25, 0.3) is 0 Å². The third-order valence-electron chi connectivity index (χ3n) is 5.49. The van der Waals surface area contributed by atoms with Crippen molar-refractivity contribution in [2.24, 2.45) is 0 Å². The van der Waals surface area contributed by atoms with Crippen molar-refractivity contribution in [3.8, 4) is 11.5 Å². The Bertz CT molecular complexity index is 890. The molecule has 0 aliphatic carbocycles. The number of ether oxygens (including phenoxy) is 2. The van der Waals surface area contributed by atoms with E-state index >= 15 is 0 Å². The zero-order valence-electron chi connectivity index (χ0n) is 16.4. The number of amides is 1. The van der Waals surface area contributed by atoms with Crippen molar-refractivity contribution >= 4 is 21.8 Å². The molecule has 0 saturated carbocycles. The van der Waals surface area contributed by atoms with Crippen LogP contribution < -0.4 is 9.47 Å². The van der Waals surface area contributed by atoms with Crippen LogP contribution in [0.3, 0.4) is 0 Å². The number of nitrogens with zero attached hydrogens (tertiary/aromatic N) is 4. The number of benzene rings is 1. The molecule has 2 aliphatic rings. The fraction of sp³-hybridized carbons (Fsp3) is 0.500. The number of carbonyl (C=O) groups excluding carboxylic acids is 1. The zero-order chi connectivity index (χ0) is 19.8. The normalized spacial score (nSPS) is 17.8. The van der Waals surface area contributed by atoms with E-state index in [0.29, 0.717) is 6.79 Å². The second kappa shape index (κ2) is 7.75. The highest BCUT2D eigenvalue weighted by Crippen LogP contribution is 2.33. The second-order valence-electron chi connectivity index (χ2n) is 7.39. The summed E-state index contributed by atoms with van der Waals surface area (Å²) in [4.78, 5) is 17.3. The lowest BCUT2D eigenvalue weighted by molar-refractivity contribution is -0.136. The average molecular weight is 449 g/mol. The van der Waals surface area contributed by atoms with E-state index in [2.05, 4.69) is 32.0 Å². The van der Waals surface area contributed by atoms with Crippen LogP contribution in [-0.2, 0) is 11.3 Å². The van der Waals surface area contributed by atoms with Gasteiger partial charge in [-0.1, -0.05) is 6.07 Å². The summed E-state index contributed by atoms with van der Waals surface area (Å²) in [7, 11) is 0. The molecule has 0 N–H and O–H groups in total. The Balaban J connectivity index is 1.34. The van der Waals surface area contributed by atoms with Crippen molar-refractivity contribution in [1.29, 1.82) is 0 Å². The number of rotatable bonds is 4. The molecular weight excluding hydrogens is 424 g/mol. The smallest absolute Gasteiger partial charge is 0.247 e. The van der Waals surface area contributed by atoms with Crippen molar-refractivity contribution in [2.45, 2.75) is 33.4 Å². The molecule has 28 heavy (non-hydrogen) atoms. The molecule has 0 radical (unpaired) electrons. The minimum absolute atomic E-state index is 0.126. The van der Waals surface area contributed by atoms with Gasteiger partial charge in [0.2, 0.25) is 12.7 Å². The molecule has 150 valence electrons. The standard InChI is InChI=1S/C20H25BrN4O3/c1-13-19(21)14(2)25(22-13)15(3)20(26)24-8-6-23(7-9-24)11-16-4-5-17-18(10-16)28-12-27-17/h4-5,10,15H,6-9,11-12H2,1-3H3. The predicted octanol–water partition coefficient (Wildman–Crippen LogP) is 2.90. The molecule has 7 nitrogen and oxygen atoms in total. The van der Waals surface area contributed by atoms with Crippen LogP contribution in [0.4, 0.5) is 0 Å². The molecular formula is C20H25BrN4O3. The summed E-state index contributed by atoms with van der Waals surface area (Å²) in [6.07, 6.45) is 0. The van der Waals surface area contributed by atoms with Crippen LogP contribution in [0.1, 0.15) is 29.9 Å². The molecule has 1 atom stereocenters. The van der Waals surface area contributed by atoms with E-state index in [-0.39, 0.29) is 11.9 Å². The van der Waals surface area contributed by atoms with Gasteiger partial charge in [-0.15, -0.1) is 0 Å². The molecule has 1 amide bonds. The number of aromatic nitrogens is 2. The number of aryl methyl sites for hydroxylation is 1. The van der Waals surface area contributed by atoms with E-state index in [4.69, 9.17) is 9.47 Å². The Morgan fingerprint density at radius 2 is 1.89 bits per heavy atom. The van der Waals surface area contributed by atoms with Crippen LogP contribution in [0, 0.1) is 13.8 Å². The third kappa shape index (κ3) is 3.63. The molecule has 2 aliphatic heterocycles. The van der Waals surface area contributed by atoms with Gasteiger partial charge in [0.05, 0.1) is 15.9 Å². The molecule has 0 spiro atoms. The Morgan fingerprint density at radius 1 is 1.18 bits per heavy atom. The van der Waals surface area contributed by atoms with Crippen molar-refractivity contribution < 1.29 is 14.3 Å². The van der Waals surface area contributed by atoms with Crippen LogP contribution in [0.2, 0.25) is 0 Å². The first kappa shape index (κ1) is 19.3. The van der Waals surface area contributed by atoms with Crippen molar-refractivity contribution in [1.82, 2.24) is 19.6 Å². The van der Waals surface area contributed by atoms with E-state index in [9.17, 15) is 4.79 Å². The van der Waals surface area contributed by atoms with Gasteiger partial charge in [-0.2, -0.15) is 5.10 Å². The second-order valence-corrected chi connectivity index (χ2v) is 8.19. The summed E-state index contributed by atoms with van der Waals surface area (Å²) in [5, 5.41) is 4.51. The lowest BCUT2D eigenvalue weighted by atomic mass is 10.1. The lowest BCUT2D eigenvalue weighted by Gasteiger charge is -2.36. The lowest BCUT2D eigenvalue weighted by Crippen LogP contribution is -2.50. The molecule has 1 saturated heterocycles. The first-order valence-corrected chi connectivity index (χ1v) is 10.3. The molecule has 1 aromatic heterocycles. The maximum Gasteiger partial charge on any atom is 0.247 e. The molecule has 0 bridgehead atoms. The van der Waals surface area contributed by atoms with Gasteiger partial charge >= 0.3 is 0 Å². The SMILES string of the molecule is Cc1nn(C(C)C(=O)N2CCN(Cc3ccc4c(c3)OCO4)CC2)c(C)c1Br. The topological polar surface area (TPSA) is 59.8 Å². The van der Waals surface area contributed by atoms with Gasteiger partial charge in [-0.3, -0.25) is 14.4 Å². The molecule has 4 rings (SSSR count). The minimum atomic E-state index is -0.301. The summed E-state index contributed by atoms with van der Waals surface area (Å²) >= 11 is 3.54. The van der Waals surface area contributed by atoms with Crippen LogP contribution >= 0.6 is 15.9 Å². The van der Waals surface area contributed by atoms with E-state index in [0.717, 1.165) is 60.1 Å². The minimum Gasteiger partial charge on any atom is -0.454 e. The summed E-state index contributed by atoms with van der Waals surface area (Å²) in [5.41, 5.74) is 3.09. The maximum absolute atomic E-state index is 13.0. The Hall–Kier alpha value is -2.06. The van der Waals surface area contributed by atoms with Gasteiger partial charge in [0.1, 0.15) is 6.04 Å². The van der Waals surface area contributed by atoms with Gasteiger partial charge in [-0.25, -0.2) is 0 Å². The number of fused-ring (bicyclic) bond motifs is 1. The molecule has 8 heteroatoms. The summed E-state index contributed by atoms with van der Waals surface area (Å²) < 4.78 is 13.6. The zero-order valence-corrected chi connectivity index (χ0v) is 18.0. The fourth-order valence-corrected chi connectivity index (χ4v) is 4.07. The maximum atomic E-state index is 13.0. The molecule has 3 heterocycles. The number of piperazine rings is 1. The van der Waals surface area contributed by atoms with Gasteiger partial charge < -0.3 is 14.4 Å². The highest BCUT2D eigenvalue weighted by atomic mass is 79.9. The van der Waals surface area contributed by atoms with Crippen LogP contribution in [-0.4, -0.2) is 58.5 Å². The number of carbonyl (C=O) groups is 1. The van der Waals surface area contributed by atoms with Gasteiger partial charge in [0.15, 0.2) is 11.5 Å². The largest absolute Gasteiger partial charge is 0.454 e. The first-order valence-electron chi connectivity index (χ1n) is 9.55. The summed E-state index contributed by atoms with van der Waals surface area (Å²) in [6, 6.07) is 5.78. The Labute approximate surface area is 173 Å². The van der Waals surface area contributed by atoms with Gasteiger partial charge in [0, 0.05) is 32.7 Å². The highest BCUT2D eigenvalue weighted by molar-refractivity contribution is 9.10. The molecule has 1 aromatic carbocycles. The van der Waals surface area contributed by atoms with E-state index in [1.807, 2.05) is 42.5 Å². The Morgan fingerprint density at radius 3 is 2.57 bits per heavy atom. The quantitative estimate of drug-likeness (QED) is 0.719. The van der Waals surface area contributed by atoms with E-state index in [1.54, 1.807) is 0 Å². The highest BCUT2D eigenvalue weighted by Gasteiger charge is 2.28. The van der Waals surface area contributed by atoms with Crippen molar-refractivity contribution in [2.75, 3.05) is 33.0 Å². The fourth-order valence-electron chi connectivity index (χ4n) is 3.81. The van der Waals surface area contributed by atoms with Crippen LogP contribution in [0.15, 0.2) is 22.7 Å². The number of hydrogen-bond acceptors (Lipinski definition) is 5. The van der Waals surface area contributed by atoms with Crippen molar-refractivity contribution in [3.63, 3.8) is 0 Å². The van der Waals surface area contributed by atoms with E-state index < -0.39 is 0 Å². The molecule has 1 fully saturated rings. The van der Waals surface area contributed by atoms with Gasteiger partial charge in [-0.05, 0) is 54.4 Å². The number of halogens is 1. The third-order valence-corrected chi connectivity index (χ3v) is 6.64. The summed E-state index contributed by atoms with van der Waals surface area (Å²) in [6.45, 7) is 10.2. The summed E-state index contributed by atoms with van der Waals surface area (Å²) in [5.74, 6) is 1.75. The van der Waals surface area contributed by atoms with E-state index in [1.165, 1.54) is 5.56 Å². The monoisotopic (exact) mass is 448 g/mol. The first-order chi connectivity index (χ1) is 13.4. The molecule has 2 aromatic rings. The van der Waals surface area contributed by atoms with Crippen molar-refractivity contribution in [3.05, 3.63) is 39.6 Å². The predicted molar refractivity (Wildman–Crippen MR) is 109 cm³/mol. The Kier molecular flexibility index (Phi) is 5.33. The average Bonchev–Trinajstić information content (AvgIpc) is 3.27. The number of hydrogen-bond donors (Lipinski definition) is 0. The molecule has 1 unspecified atom stereocenters. The van der Waals surface area contributed by atoms with Crippen LogP contribution in [0.5, 0.6) is 11.5 Å². The van der Waals surface area contributed by atoms with Crippen LogP contribution in [0.25, 0.3) is 0 Å².